The molecule has 22 heavy (non-hydrogen) atoms. The van der Waals surface area contributed by atoms with E-state index in [0.29, 0.717) is 13.1 Å². The maximum Gasteiger partial charge on any atom is 0.264 e. The van der Waals surface area contributed by atoms with Crippen LogP contribution in [0, 0.1) is 0 Å². The Morgan fingerprint density at radius 3 is 2.50 bits per heavy atom. The molecule has 2 aliphatic rings. The van der Waals surface area contributed by atoms with Gasteiger partial charge in [0.25, 0.3) is 10.1 Å². The van der Waals surface area contributed by atoms with Crippen LogP contribution in [0.15, 0.2) is 54.1 Å². The van der Waals surface area contributed by atoms with E-state index in [2.05, 4.69) is 35.3 Å². The average molecular weight is 319 g/mol. The van der Waals surface area contributed by atoms with Crippen molar-refractivity contribution in [2.24, 2.45) is 0 Å². The second-order valence-electron chi connectivity index (χ2n) is 5.87. The minimum Gasteiger partial charge on any atom is -0.287 e. The molecule has 1 unspecified atom stereocenters. The predicted octanol–water partition coefficient (Wildman–Crippen LogP) is 2.66. The van der Waals surface area contributed by atoms with Crippen molar-refractivity contribution in [1.29, 1.82) is 0 Å². The van der Waals surface area contributed by atoms with Crippen molar-refractivity contribution in [3.8, 4) is 0 Å². The fraction of sp³-hybridized carbons (Fsp3) is 0.412. The Labute approximate surface area is 132 Å². The van der Waals surface area contributed by atoms with E-state index in [-0.39, 0.29) is 12.1 Å². The van der Waals surface area contributed by atoms with Crippen LogP contribution in [0.1, 0.15) is 24.4 Å². The maximum atomic E-state index is 11.2. The molecule has 0 radical (unpaired) electrons. The van der Waals surface area contributed by atoms with E-state index < -0.39 is 10.1 Å². The quantitative estimate of drug-likeness (QED) is 0.783. The molecule has 5 heteroatoms. The van der Waals surface area contributed by atoms with Gasteiger partial charge in [0, 0.05) is 13.1 Å². The molecule has 1 atom stereocenters. The average Bonchev–Trinajstić information content (AvgIpc) is 2.46. The normalized spacial score (nSPS) is 21.2. The largest absolute Gasteiger partial charge is 0.287 e. The summed E-state index contributed by atoms with van der Waals surface area (Å²) in [5.74, 6) is 0. The Morgan fingerprint density at radius 2 is 1.91 bits per heavy atom. The lowest BCUT2D eigenvalue weighted by Gasteiger charge is -2.44. The topological polar surface area (TPSA) is 46.6 Å². The van der Waals surface area contributed by atoms with Crippen LogP contribution in [0.4, 0.5) is 0 Å². The van der Waals surface area contributed by atoms with Gasteiger partial charge in [0.1, 0.15) is 6.10 Å². The number of likely N-dealkylation sites (tertiary alicyclic amines) is 1. The van der Waals surface area contributed by atoms with Crippen molar-refractivity contribution in [1.82, 2.24) is 4.90 Å². The van der Waals surface area contributed by atoms with Gasteiger partial charge < -0.3 is 0 Å². The number of allylic oxidation sites excluding steroid dienone is 2. The molecular formula is C17H21NO3S. The Morgan fingerprint density at radius 1 is 1.18 bits per heavy atom. The lowest BCUT2D eigenvalue weighted by molar-refractivity contribution is 0.00445. The van der Waals surface area contributed by atoms with Crippen LogP contribution in [0.2, 0.25) is 0 Å². The van der Waals surface area contributed by atoms with Gasteiger partial charge in [-0.15, -0.1) is 0 Å². The molecule has 4 nitrogen and oxygen atoms in total. The first-order chi connectivity index (χ1) is 10.5. The maximum absolute atomic E-state index is 11.2. The summed E-state index contributed by atoms with van der Waals surface area (Å²) in [7, 11) is -3.38. The van der Waals surface area contributed by atoms with Crippen molar-refractivity contribution in [2.75, 3.05) is 19.3 Å². The molecule has 1 aliphatic heterocycles. The fourth-order valence-electron chi connectivity index (χ4n) is 3.07. The Bertz CT molecular complexity index is 673. The highest BCUT2D eigenvalue weighted by Gasteiger charge is 2.36. The highest BCUT2D eigenvalue weighted by atomic mass is 32.2. The van der Waals surface area contributed by atoms with Crippen molar-refractivity contribution < 1.29 is 12.6 Å². The highest BCUT2D eigenvalue weighted by molar-refractivity contribution is 7.86. The van der Waals surface area contributed by atoms with E-state index in [1.54, 1.807) is 0 Å². The summed E-state index contributed by atoms with van der Waals surface area (Å²) in [5, 5.41) is 0. The number of nitrogens with zero attached hydrogens (tertiary/aromatic N) is 1. The first kappa shape index (κ1) is 15.5. The van der Waals surface area contributed by atoms with E-state index >= 15 is 0 Å². The second-order valence-corrected chi connectivity index (χ2v) is 7.47. The Hall–Kier alpha value is -1.43. The van der Waals surface area contributed by atoms with E-state index in [0.717, 1.165) is 19.1 Å². The van der Waals surface area contributed by atoms with Gasteiger partial charge >= 0.3 is 0 Å². The van der Waals surface area contributed by atoms with Crippen molar-refractivity contribution in [2.45, 2.75) is 25.0 Å². The van der Waals surface area contributed by atoms with Gasteiger partial charge in [-0.3, -0.25) is 9.08 Å². The number of hydrogen-bond acceptors (Lipinski definition) is 4. The summed E-state index contributed by atoms with van der Waals surface area (Å²) in [6, 6.07) is 10.5. The third-order valence-corrected chi connectivity index (χ3v) is 4.63. The van der Waals surface area contributed by atoms with Crippen LogP contribution in [-0.4, -0.2) is 38.8 Å². The predicted molar refractivity (Wildman–Crippen MR) is 86.9 cm³/mol. The van der Waals surface area contributed by atoms with Crippen molar-refractivity contribution in [3.05, 3.63) is 59.7 Å². The third kappa shape index (κ3) is 3.66. The second kappa shape index (κ2) is 6.36. The zero-order valence-electron chi connectivity index (χ0n) is 12.7. The molecule has 1 saturated heterocycles. The molecule has 0 amide bonds. The number of benzene rings is 1. The molecule has 118 valence electrons. The van der Waals surface area contributed by atoms with E-state index in [9.17, 15) is 8.42 Å². The zero-order valence-corrected chi connectivity index (χ0v) is 13.5. The van der Waals surface area contributed by atoms with Crippen LogP contribution < -0.4 is 0 Å². The SMILES string of the molecule is CS(=O)(=O)OC1CN(C(C2=CCCC=C2)c2ccccc2)C1. The molecule has 0 aromatic heterocycles. The molecule has 3 rings (SSSR count). The summed E-state index contributed by atoms with van der Waals surface area (Å²) in [6.07, 6.45) is 9.70. The van der Waals surface area contributed by atoms with Crippen LogP contribution in [0.25, 0.3) is 0 Å². The molecule has 0 saturated carbocycles. The molecule has 1 heterocycles. The molecule has 1 aliphatic carbocycles. The summed E-state index contributed by atoms with van der Waals surface area (Å²) in [6.45, 7) is 1.27. The molecule has 1 aromatic rings. The van der Waals surface area contributed by atoms with Gasteiger partial charge in [0.15, 0.2) is 0 Å². The van der Waals surface area contributed by atoms with Gasteiger partial charge in [-0.1, -0.05) is 48.6 Å². The summed E-state index contributed by atoms with van der Waals surface area (Å²) >= 11 is 0. The molecule has 0 N–H and O–H groups in total. The van der Waals surface area contributed by atoms with Gasteiger partial charge in [0.05, 0.1) is 12.3 Å². The Balaban J connectivity index is 1.77. The van der Waals surface area contributed by atoms with Crippen molar-refractivity contribution >= 4 is 10.1 Å². The van der Waals surface area contributed by atoms with E-state index in [1.165, 1.54) is 11.1 Å². The fourth-order valence-corrected chi connectivity index (χ4v) is 3.69. The van der Waals surface area contributed by atoms with Gasteiger partial charge in [-0.05, 0) is 24.0 Å². The minimum atomic E-state index is -3.38. The van der Waals surface area contributed by atoms with Gasteiger partial charge in [-0.25, -0.2) is 0 Å². The van der Waals surface area contributed by atoms with Gasteiger partial charge in [0.2, 0.25) is 0 Å². The molecule has 1 fully saturated rings. The summed E-state index contributed by atoms with van der Waals surface area (Å²) in [4.78, 5) is 2.27. The van der Waals surface area contributed by atoms with Crippen molar-refractivity contribution in [3.63, 3.8) is 0 Å². The Kier molecular flexibility index (Phi) is 4.47. The smallest absolute Gasteiger partial charge is 0.264 e. The monoisotopic (exact) mass is 319 g/mol. The zero-order chi connectivity index (χ0) is 15.6. The van der Waals surface area contributed by atoms with Crippen LogP contribution in [-0.2, 0) is 14.3 Å². The first-order valence-electron chi connectivity index (χ1n) is 7.57. The lowest BCUT2D eigenvalue weighted by Crippen LogP contribution is -2.54. The molecular weight excluding hydrogens is 298 g/mol. The van der Waals surface area contributed by atoms with E-state index in [4.69, 9.17) is 4.18 Å². The van der Waals surface area contributed by atoms with Gasteiger partial charge in [-0.2, -0.15) is 8.42 Å². The summed E-state index contributed by atoms with van der Waals surface area (Å²) in [5.41, 5.74) is 2.52. The molecule has 0 spiro atoms. The van der Waals surface area contributed by atoms with Crippen LogP contribution >= 0.6 is 0 Å². The first-order valence-corrected chi connectivity index (χ1v) is 9.38. The minimum absolute atomic E-state index is 0.178. The third-order valence-electron chi connectivity index (χ3n) is 4.01. The summed E-state index contributed by atoms with van der Waals surface area (Å²) < 4.78 is 27.5. The number of hydrogen-bond donors (Lipinski definition) is 0. The highest BCUT2D eigenvalue weighted by Crippen LogP contribution is 2.35. The molecule has 0 bridgehead atoms. The standard InChI is InChI=1S/C17H21NO3S/c1-22(19,20)21-16-12-18(13-16)17(14-8-4-2-5-9-14)15-10-6-3-7-11-15/h2,4-6,8-11,16-17H,3,7,12-13H2,1H3. The number of rotatable bonds is 5. The van der Waals surface area contributed by atoms with Crippen LogP contribution in [0.5, 0.6) is 0 Å². The van der Waals surface area contributed by atoms with Crippen LogP contribution in [0.3, 0.4) is 0 Å². The molecule has 1 aromatic carbocycles. The van der Waals surface area contributed by atoms with E-state index in [1.807, 2.05) is 18.2 Å². The lowest BCUT2D eigenvalue weighted by atomic mass is 9.90.